The highest BCUT2D eigenvalue weighted by Crippen LogP contribution is 2.39. The summed E-state index contributed by atoms with van der Waals surface area (Å²) in [7, 11) is 1.28. The Morgan fingerprint density at radius 1 is 1.14 bits per heavy atom. The fourth-order valence-corrected chi connectivity index (χ4v) is 1.58. The number of hydrogen-bond donors (Lipinski definition) is 0. The number of rotatable bonds is 3. The summed E-state index contributed by atoms with van der Waals surface area (Å²) >= 11 is 0. The molecule has 7 heteroatoms. The Hall–Kier alpha value is -2.75. The number of pyridine rings is 1. The number of nitrogens with zero attached hydrogens (tertiary/aromatic N) is 2. The van der Waals surface area contributed by atoms with E-state index in [0.717, 1.165) is 6.07 Å². The van der Waals surface area contributed by atoms with Crippen LogP contribution >= 0.6 is 0 Å². The van der Waals surface area contributed by atoms with Gasteiger partial charge in [-0.1, -0.05) is 0 Å². The predicted octanol–water partition coefficient (Wildman–Crippen LogP) is 3.77. The van der Waals surface area contributed by atoms with Gasteiger partial charge >= 0.3 is 6.18 Å². The van der Waals surface area contributed by atoms with Gasteiger partial charge in [-0.05, 0) is 30.3 Å². The van der Waals surface area contributed by atoms with Gasteiger partial charge in [0.1, 0.15) is 34.6 Å². The second kappa shape index (κ2) is 5.71. The quantitative estimate of drug-likeness (QED) is 0.864. The Kier molecular flexibility index (Phi) is 3.98. The number of alkyl halides is 3. The molecule has 0 N–H and O–H groups in total. The molecule has 0 saturated heterocycles. The normalized spacial score (nSPS) is 10.8. The van der Waals surface area contributed by atoms with Crippen LogP contribution in [-0.4, -0.2) is 12.1 Å². The third kappa shape index (κ3) is 3.42. The molecular weight excluding hydrogens is 285 g/mol. The van der Waals surface area contributed by atoms with Crippen LogP contribution < -0.4 is 9.47 Å². The second-order valence-electron chi connectivity index (χ2n) is 3.95. The lowest BCUT2D eigenvalue weighted by Gasteiger charge is -2.14. The van der Waals surface area contributed by atoms with Crippen molar-refractivity contribution in [3.05, 3.63) is 47.8 Å². The molecule has 1 aromatic heterocycles. The number of hydrogen-bond acceptors (Lipinski definition) is 4. The lowest BCUT2D eigenvalue weighted by Crippen LogP contribution is -2.07. The minimum absolute atomic E-state index is 0.0765. The molecule has 0 spiro atoms. The topological polar surface area (TPSA) is 55.1 Å². The van der Waals surface area contributed by atoms with Crippen molar-refractivity contribution in [1.82, 2.24) is 4.98 Å². The summed E-state index contributed by atoms with van der Waals surface area (Å²) in [5.74, 6) is -0.188. The van der Waals surface area contributed by atoms with Crippen LogP contribution in [0.15, 0.2) is 36.5 Å². The third-order valence-corrected chi connectivity index (χ3v) is 2.57. The largest absolute Gasteiger partial charge is 0.497 e. The van der Waals surface area contributed by atoms with Gasteiger partial charge in [0.25, 0.3) is 0 Å². The smallest absolute Gasteiger partial charge is 0.420 e. The van der Waals surface area contributed by atoms with Gasteiger partial charge in [-0.15, -0.1) is 0 Å². The standard InChI is InChI=1S/C14H9F3N2O2/c1-20-10-4-5-13(12(6-10)14(15,16)17)21-11-3-2-9(7-18)19-8-11/h2-6,8H,1H3. The molecule has 0 amide bonds. The first-order valence-corrected chi connectivity index (χ1v) is 5.73. The van der Waals surface area contributed by atoms with Gasteiger partial charge in [0.2, 0.25) is 0 Å². The number of benzene rings is 1. The van der Waals surface area contributed by atoms with E-state index < -0.39 is 11.7 Å². The molecule has 0 saturated carbocycles. The predicted molar refractivity (Wildman–Crippen MR) is 67.0 cm³/mol. The molecular formula is C14H9F3N2O2. The minimum atomic E-state index is -4.58. The van der Waals surface area contributed by atoms with Gasteiger partial charge in [-0.2, -0.15) is 18.4 Å². The van der Waals surface area contributed by atoms with Crippen molar-refractivity contribution in [1.29, 1.82) is 5.26 Å². The molecule has 0 fully saturated rings. The highest BCUT2D eigenvalue weighted by molar-refractivity contribution is 5.44. The molecule has 21 heavy (non-hydrogen) atoms. The summed E-state index contributed by atoms with van der Waals surface area (Å²) in [6.07, 6.45) is -3.40. The summed E-state index contributed by atoms with van der Waals surface area (Å²) < 4.78 is 48.9. The maximum atomic E-state index is 13.0. The Morgan fingerprint density at radius 2 is 1.86 bits per heavy atom. The number of aromatic nitrogens is 1. The Balaban J connectivity index is 2.36. The fourth-order valence-electron chi connectivity index (χ4n) is 1.58. The van der Waals surface area contributed by atoms with E-state index in [1.807, 2.05) is 0 Å². The number of nitriles is 1. The van der Waals surface area contributed by atoms with Crippen molar-refractivity contribution in [2.45, 2.75) is 6.18 Å². The van der Waals surface area contributed by atoms with E-state index in [1.54, 1.807) is 6.07 Å². The number of methoxy groups -OCH3 is 1. The molecule has 4 nitrogen and oxygen atoms in total. The Bertz CT molecular complexity index is 676. The van der Waals surface area contributed by atoms with Crippen LogP contribution in [0.3, 0.4) is 0 Å². The highest BCUT2D eigenvalue weighted by atomic mass is 19.4. The first kappa shape index (κ1) is 14.7. The van der Waals surface area contributed by atoms with Gasteiger partial charge < -0.3 is 9.47 Å². The van der Waals surface area contributed by atoms with Crippen LogP contribution in [0.5, 0.6) is 17.2 Å². The zero-order chi connectivity index (χ0) is 15.5. The highest BCUT2D eigenvalue weighted by Gasteiger charge is 2.35. The molecule has 0 bridgehead atoms. The first-order chi connectivity index (χ1) is 9.94. The SMILES string of the molecule is COc1ccc(Oc2ccc(C#N)nc2)c(C(F)(F)F)c1. The average molecular weight is 294 g/mol. The Morgan fingerprint density at radius 3 is 2.38 bits per heavy atom. The lowest BCUT2D eigenvalue weighted by atomic mass is 10.2. The number of ether oxygens (including phenoxy) is 2. The second-order valence-corrected chi connectivity index (χ2v) is 3.95. The molecule has 108 valence electrons. The summed E-state index contributed by atoms with van der Waals surface area (Å²) in [5, 5.41) is 8.61. The molecule has 0 atom stereocenters. The van der Waals surface area contributed by atoms with Gasteiger partial charge in [-0.25, -0.2) is 4.98 Å². The minimum Gasteiger partial charge on any atom is -0.497 e. The van der Waals surface area contributed by atoms with E-state index in [0.29, 0.717) is 0 Å². The maximum Gasteiger partial charge on any atom is 0.420 e. The monoisotopic (exact) mass is 294 g/mol. The van der Waals surface area contributed by atoms with Crippen molar-refractivity contribution < 1.29 is 22.6 Å². The van der Waals surface area contributed by atoms with Crippen molar-refractivity contribution >= 4 is 0 Å². The summed E-state index contributed by atoms with van der Waals surface area (Å²) in [5.41, 5.74) is -0.806. The number of halogens is 3. The van der Waals surface area contributed by atoms with E-state index in [1.165, 1.54) is 37.6 Å². The zero-order valence-corrected chi connectivity index (χ0v) is 10.8. The summed E-state index contributed by atoms with van der Waals surface area (Å²) in [6.45, 7) is 0. The van der Waals surface area contributed by atoms with E-state index in [4.69, 9.17) is 14.7 Å². The molecule has 2 rings (SSSR count). The van der Waals surface area contributed by atoms with Gasteiger partial charge in [0.05, 0.1) is 13.3 Å². The van der Waals surface area contributed by atoms with Crippen molar-refractivity contribution in [3.63, 3.8) is 0 Å². The van der Waals surface area contributed by atoms with Gasteiger partial charge in [0, 0.05) is 0 Å². The van der Waals surface area contributed by atoms with E-state index in [2.05, 4.69) is 4.98 Å². The van der Waals surface area contributed by atoms with Crippen molar-refractivity contribution in [2.24, 2.45) is 0 Å². The van der Waals surface area contributed by atoms with Crippen LogP contribution in [0.2, 0.25) is 0 Å². The molecule has 0 unspecified atom stereocenters. The molecule has 2 aromatic rings. The van der Waals surface area contributed by atoms with E-state index in [9.17, 15) is 13.2 Å². The molecule has 0 aliphatic rings. The van der Waals surface area contributed by atoms with Crippen LogP contribution in [0.4, 0.5) is 13.2 Å². The zero-order valence-electron chi connectivity index (χ0n) is 10.8. The third-order valence-electron chi connectivity index (χ3n) is 2.57. The van der Waals surface area contributed by atoms with Crippen LogP contribution in [0.25, 0.3) is 0 Å². The first-order valence-electron chi connectivity index (χ1n) is 5.73. The van der Waals surface area contributed by atoms with E-state index >= 15 is 0 Å². The summed E-state index contributed by atoms with van der Waals surface area (Å²) in [6, 6.07) is 7.91. The molecule has 0 aliphatic heterocycles. The van der Waals surface area contributed by atoms with Crippen LogP contribution in [0, 0.1) is 11.3 Å². The summed E-state index contributed by atoms with van der Waals surface area (Å²) in [4.78, 5) is 3.73. The van der Waals surface area contributed by atoms with Crippen molar-refractivity contribution in [2.75, 3.05) is 7.11 Å². The van der Waals surface area contributed by atoms with Crippen LogP contribution in [-0.2, 0) is 6.18 Å². The molecule has 1 aromatic carbocycles. The Labute approximate surface area is 118 Å². The van der Waals surface area contributed by atoms with Gasteiger partial charge in [-0.3, -0.25) is 0 Å². The molecule has 1 heterocycles. The molecule has 0 aliphatic carbocycles. The molecule has 0 radical (unpaired) electrons. The maximum absolute atomic E-state index is 13.0. The lowest BCUT2D eigenvalue weighted by molar-refractivity contribution is -0.138. The van der Waals surface area contributed by atoms with Gasteiger partial charge in [0.15, 0.2) is 0 Å². The average Bonchev–Trinajstić information content (AvgIpc) is 2.47. The fraction of sp³-hybridized carbons (Fsp3) is 0.143. The van der Waals surface area contributed by atoms with Crippen LogP contribution in [0.1, 0.15) is 11.3 Å². The van der Waals surface area contributed by atoms with E-state index in [-0.39, 0.29) is 22.9 Å². The van der Waals surface area contributed by atoms with Crippen molar-refractivity contribution in [3.8, 4) is 23.3 Å².